The monoisotopic (exact) mass is 283 g/mol. The van der Waals surface area contributed by atoms with Crippen LogP contribution in [0.4, 0.5) is 5.69 Å². The van der Waals surface area contributed by atoms with E-state index < -0.39 is 9.84 Å². The summed E-state index contributed by atoms with van der Waals surface area (Å²) in [4.78, 5) is 0. The summed E-state index contributed by atoms with van der Waals surface area (Å²) in [5, 5.41) is 4.08. The molecule has 106 valence electrons. The van der Waals surface area contributed by atoms with Gasteiger partial charge in [0, 0.05) is 32.4 Å². The summed E-state index contributed by atoms with van der Waals surface area (Å²) in [6.45, 7) is 0.702. The SMILES string of the molecule is CN(C)N(Cc1ccc(N)cc1)[C@@H]1CCS(=O)(=O)C1. The highest BCUT2D eigenvalue weighted by atomic mass is 32.2. The number of rotatable bonds is 4. The standard InChI is InChI=1S/C13H21N3O2S/c1-15(2)16(13-7-8-19(17,18)10-13)9-11-3-5-12(14)6-4-11/h3-6,13H,7-10,14H2,1-2H3/t13-/m1/s1. The highest BCUT2D eigenvalue weighted by molar-refractivity contribution is 7.91. The van der Waals surface area contributed by atoms with Crippen LogP contribution in [0.15, 0.2) is 24.3 Å². The van der Waals surface area contributed by atoms with Gasteiger partial charge in [0.05, 0.1) is 11.5 Å². The van der Waals surface area contributed by atoms with E-state index in [1.165, 1.54) is 0 Å². The first-order valence-electron chi connectivity index (χ1n) is 6.36. The number of sulfone groups is 1. The summed E-state index contributed by atoms with van der Waals surface area (Å²) in [7, 11) is 1.03. The second-order valence-electron chi connectivity index (χ2n) is 5.24. The Bertz CT molecular complexity index is 525. The number of hydrogen-bond donors (Lipinski definition) is 1. The number of nitrogen functional groups attached to an aromatic ring is 1. The van der Waals surface area contributed by atoms with Gasteiger partial charge in [-0.05, 0) is 24.1 Å². The molecule has 6 heteroatoms. The van der Waals surface area contributed by atoms with E-state index in [4.69, 9.17) is 5.73 Å². The van der Waals surface area contributed by atoms with Crippen molar-refractivity contribution in [1.29, 1.82) is 0 Å². The first kappa shape index (κ1) is 14.3. The van der Waals surface area contributed by atoms with Crippen molar-refractivity contribution in [3.05, 3.63) is 29.8 Å². The lowest BCUT2D eigenvalue weighted by Gasteiger charge is -2.33. The fraction of sp³-hybridized carbons (Fsp3) is 0.538. The van der Waals surface area contributed by atoms with Crippen molar-refractivity contribution < 1.29 is 8.42 Å². The van der Waals surface area contributed by atoms with Crippen molar-refractivity contribution in [2.24, 2.45) is 0 Å². The van der Waals surface area contributed by atoms with Crippen molar-refractivity contribution in [3.8, 4) is 0 Å². The second-order valence-corrected chi connectivity index (χ2v) is 7.47. The van der Waals surface area contributed by atoms with Crippen molar-refractivity contribution in [1.82, 2.24) is 10.0 Å². The third-order valence-electron chi connectivity index (χ3n) is 3.47. The molecule has 0 aromatic heterocycles. The second kappa shape index (κ2) is 5.48. The number of benzene rings is 1. The van der Waals surface area contributed by atoms with Crippen molar-refractivity contribution in [2.75, 3.05) is 31.3 Å². The third kappa shape index (κ3) is 3.68. The summed E-state index contributed by atoms with van der Waals surface area (Å²) in [5.74, 6) is 0.546. The molecule has 1 heterocycles. The summed E-state index contributed by atoms with van der Waals surface area (Å²) in [6, 6.07) is 7.77. The molecule has 1 aliphatic rings. The number of hydrazine groups is 1. The topological polar surface area (TPSA) is 66.6 Å². The van der Waals surface area contributed by atoms with Crippen LogP contribution >= 0.6 is 0 Å². The van der Waals surface area contributed by atoms with Crippen molar-refractivity contribution in [2.45, 2.75) is 19.0 Å². The molecule has 0 bridgehead atoms. The predicted molar refractivity (Wildman–Crippen MR) is 77.1 cm³/mol. The summed E-state index contributed by atoms with van der Waals surface area (Å²) in [6.07, 6.45) is 0.704. The highest BCUT2D eigenvalue weighted by Gasteiger charge is 2.33. The first-order chi connectivity index (χ1) is 8.87. The van der Waals surface area contributed by atoms with Crippen LogP contribution in [0.3, 0.4) is 0 Å². The van der Waals surface area contributed by atoms with Gasteiger partial charge in [0.15, 0.2) is 9.84 Å². The van der Waals surface area contributed by atoms with Crippen LogP contribution in [0.1, 0.15) is 12.0 Å². The highest BCUT2D eigenvalue weighted by Crippen LogP contribution is 2.21. The van der Waals surface area contributed by atoms with E-state index in [0.717, 1.165) is 11.3 Å². The van der Waals surface area contributed by atoms with Gasteiger partial charge in [-0.3, -0.25) is 0 Å². The molecule has 0 unspecified atom stereocenters. The normalized spacial score (nSPS) is 22.2. The molecule has 0 aliphatic carbocycles. The molecule has 0 radical (unpaired) electrons. The zero-order valence-electron chi connectivity index (χ0n) is 11.4. The maximum Gasteiger partial charge on any atom is 0.151 e. The van der Waals surface area contributed by atoms with Gasteiger partial charge >= 0.3 is 0 Å². The van der Waals surface area contributed by atoms with Crippen LogP contribution in [0, 0.1) is 0 Å². The van der Waals surface area contributed by atoms with E-state index in [0.29, 0.717) is 18.7 Å². The molecule has 2 rings (SSSR count). The van der Waals surface area contributed by atoms with Crippen LogP contribution in [0.5, 0.6) is 0 Å². The average Bonchev–Trinajstić information content (AvgIpc) is 2.68. The molecule has 1 fully saturated rings. The fourth-order valence-corrected chi connectivity index (χ4v) is 4.14. The van der Waals surface area contributed by atoms with E-state index in [1.54, 1.807) is 0 Å². The van der Waals surface area contributed by atoms with Gasteiger partial charge < -0.3 is 5.73 Å². The molecule has 1 aromatic carbocycles. The third-order valence-corrected chi connectivity index (χ3v) is 5.22. The number of anilines is 1. The zero-order valence-corrected chi connectivity index (χ0v) is 12.2. The Morgan fingerprint density at radius 1 is 1.26 bits per heavy atom. The van der Waals surface area contributed by atoms with Crippen LogP contribution in [0.2, 0.25) is 0 Å². The van der Waals surface area contributed by atoms with Gasteiger partial charge in [0.1, 0.15) is 0 Å². The minimum Gasteiger partial charge on any atom is -0.399 e. The van der Waals surface area contributed by atoms with Gasteiger partial charge in [0.2, 0.25) is 0 Å². The lowest BCUT2D eigenvalue weighted by Crippen LogP contribution is -2.44. The smallest absolute Gasteiger partial charge is 0.151 e. The number of nitrogens with two attached hydrogens (primary N) is 1. The van der Waals surface area contributed by atoms with Crippen molar-refractivity contribution in [3.63, 3.8) is 0 Å². The number of hydrogen-bond acceptors (Lipinski definition) is 5. The fourth-order valence-electron chi connectivity index (χ4n) is 2.42. The van der Waals surface area contributed by atoms with Crippen LogP contribution in [0.25, 0.3) is 0 Å². The van der Waals surface area contributed by atoms with Crippen molar-refractivity contribution >= 4 is 15.5 Å². The van der Waals surface area contributed by atoms with Gasteiger partial charge in [-0.25, -0.2) is 18.4 Å². The Balaban J connectivity index is 2.11. The average molecular weight is 283 g/mol. The summed E-state index contributed by atoms with van der Waals surface area (Å²) in [5.41, 5.74) is 7.54. The van der Waals surface area contributed by atoms with E-state index in [-0.39, 0.29) is 11.8 Å². The van der Waals surface area contributed by atoms with Gasteiger partial charge in [-0.2, -0.15) is 0 Å². The predicted octanol–water partition coefficient (Wildman–Crippen LogP) is 0.735. The zero-order chi connectivity index (χ0) is 14.0. The van der Waals surface area contributed by atoms with E-state index in [2.05, 4.69) is 5.01 Å². The van der Waals surface area contributed by atoms with Crippen LogP contribution in [-0.2, 0) is 16.4 Å². The molecule has 1 atom stereocenters. The molecule has 5 nitrogen and oxygen atoms in total. The lowest BCUT2D eigenvalue weighted by atomic mass is 10.1. The van der Waals surface area contributed by atoms with Gasteiger partial charge in [-0.1, -0.05) is 12.1 Å². The number of nitrogens with zero attached hydrogens (tertiary/aromatic N) is 2. The molecular formula is C13H21N3O2S. The van der Waals surface area contributed by atoms with Gasteiger partial charge in [-0.15, -0.1) is 0 Å². The molecular weight excluding hydrogens is 262 g/mol. The molecule has 0 saturated carbocycles. The Kier molecular flexibility index (Phi) is 4.13. The molecule has 1 aromatic rings. The Morgan fingerprint density at radius 2 is 1.89 bits per heavy atom. The summed E-state index contributed by atoms with van der Waals surface area (Å²) < 4.78 is 23.2. The minimum atomic E-state index is -2.86. The quantitative estimate of drug-likeness (QED) is 0.652. The molecule has 2 N–H and O–H groups in total. The van der Waals surface area contributed by atoms with E-state index >= 15 is 0 Å². The Morgan fingerprint density at radius 3 is 2.37 bits per heavy atom. The molecule has 0 amide bonds. The van der Waals surface area contributed by atoms with Crippen LogP contribution in [-0.4, -0.2) is 50.1 Å². The lowest BCUT2D eigenvalue weighted by molar-refractivity contribution is -0.0181. The minimum absolute atomic E-state index is 0.0672. The molecule has 1 saturated heterocycles. The maximum absolute atomic E-state index is 11.6. The van der Waals surface area contributed by atoms with E-state index in [9.17, 15) is 8.42 Å². The molecule has 19 heavy (non-hydrogen) atoms. The largest absolute Gasteiger partial charge is 0.399 e. The molecule has 1 aliphatic heterocycles. The maximum atomic E-state index is 11.6. The summed E-state index contributed by atoms with van der Waals surface area (Å²) >= 11 is 0. The van der Waals surface area contributed by atoms with E-state index in [1.807, 2.05) is 43.4 Å². The van der Waals surface area contributed by atoms with Gasteiger partial charge in [0.25, 0.3) is 0 Å². The molecule has 0 spiro atoms. The van der Waals surface area contributed by atoms with Crippen LogP contribution < -0.4 is 5.73 Å². The Labute approximate surface area is 114 Å². The Hall–Kier alpha value is -1.11. The first-order valence-corrected chi connectivity index (χ1v) is 8.18.